The van der Waals surface area contributed by atoms with Gasteiger partial charge in [-0.25, -0.2) is 0 Å². The van der Waals surface area contributed by atoms with Crippen molar-refractivity contribution in [1.82, 2.24) is 10.2 Å². The fourth-order valence-corrected chi connectivity index (χ4v) is 1.24. The molecule has 0 aromatic heterocycles. The van der Waals surface area contributed by atoms with E-state index in [9.17, 15) is 4.79 Å². The molecule has 0 aromatic carbocycles. The van der Waals surface area contributed by atoms with Crippen LogP contribution in [-0.2, 0) is 9.53 Å². The first-order valence-electron chi connectivity index (χ1n) is 5.30. The highest BCUT2D eigenvalue weighted by molar-refractivity contribution is 5.78. The molecule has 0 aromatic rings. The van der Waals surface area contributed by atoms with Gasteiger partial charge in [0.1, 0.15) is 0 Å². The Balaban J connectivity index is 3.86. The molecule has 0 aliphatic heterocycles. The first kappa shape index (κ1) is 14.3. The Kier molecular flexibility index (Phi) is 8.27. The van der Waals surface area contributed by atoms with Crippen LogP contribution in [0.2, 0.25) is 0 Å². The molecule has 0 unspecified atom stereocenters. The van der Waals surface area contributed by atoms with E-state index in [0.29, 0.717) is 19.7 Å². The number of nitrogens with one attached hydrogen (secondary N) is 1. The van der Waals surface area contributed by atoms with E-state index in [-0.39, 0.29) is 11.9 Å². The first-order chi connectivity index (χ1) is 7.10. The third-order valence-corrected chi connectivity index (χ3v) is 1.87. The molecule has 5 nitrogen and oxygen atoms in total. The highest BCUT2D eigenvalue weighted by atomic mass is 16.5. The van der Waals surface area contributed by atoms with Crippen molar-refractivity contribution in [3.8, 4) is 0 Å². The zero-order valence-corrected chi connectivity index (χ0v) is 9.95. The second-order valence-corrected chi connectivity index (χ2v) is 3.78. The molecular weight excluding hydrogens is 194 g/mol. The van der Waals surface area contributed by atoms with Gasteiger partial charge in [0.15, 0.2) is 0 Å². The van der Waals surface area contributed by atoms with Crippen molar-refractivity contribution in [3.63, 3.8) is 0 Å². The van der Waals surface area contributed by atoms with E-state index in [4.69, 9.17) is 10.5 Å². The second kappa shape index (κ2) is 8.64. The van der Waals surface area contributed by atoms with Crippen LogP contribution in [0.3, 0.4) is 0 Å². The highest BCUT2D eigenvalue weighted by Crippen LogP contribution is 1.88. The number of nitrogens with zero attached hydrogens (tertiary/aromatic N) is 1. The standard InChI is InChI=1S/C10H23N3O2/c1-9(2)12-10(14)8-13(5-4-11)6-7-15-3/h9H,4-8,11H2,1-3H3,(H,12,14). The summed E-state index contributed by atoms with van der Waals surface area (Å²) in [6.07, 6.45) is 0. The fourth-order valence-electron chi connectivity index (χ4n) is 1.24. The molecule has 5 heteroatoms. The van der Waals surface area contributed by atoms with Crippen LogP contribution >= 0.6 is 0 Å². The summed E-state index contributed by atoms with van der Waals surface area (Å²) in [4.78, 5) is 13.5. The van der Waals surface area contributed by atoms with Crippen LogP contribution in [0, 0.1) is 0 Å². The quantitative estimate of drug-likeness (QED) is 0.571. The second-order valence-electron chi connectivity index (χ2n) is 3.78. The maximum Gasteiger partial charge on any atom is 0.234 e. The Labute approximate surface area is 91.9 Å². The lowest BCUT2D eigenvalue weighted by molar-refractivity contribution is -0.122. The predicted octanol–water partition coefficient (Wildman–Crippen LogP) is -0.582. The minimum atomic E-state index is 0.0366. The molecule has 0 aliphatic rings. The molecule has 0 heterocycles. The Morgan fingerprint density at radius 3 is 2.60 bits per heavy atom. The Hall–Kier alpha value is -0.650. The molecule has 1 amide bonds. The molecule has 0 saturated carbocycles. The fraction of sp³-hybridized carbons (Fsp3) is 0.900. The lowest BCUT2D eigenvalue weighted by atomic mass is 10.3. The van der Waals surface area contributed by atoms with Crippen LogP contribution in [-0.4, -0.2) is 56.7 Å². The maximum atomic E-state index is 11.5. The van der Waals surface area contributed by atoms with Crippen LogP contribution in [0.5, 0.6) is 0 Å². The minimum Gasteiger partial charge on any atom is -0.383 e. The van der Waals surface area contributed by atoms with Gasteiger partial charge in [-0.2, -0.15) is 0 Å². The third-order valence-electron chi connectivity index (χ3n) is 1.87. The number of nitrogens with two attached hydrogens (primary N) is 1. The van der Waals surface area contributed by atoms with Crippen molar-refractivity contribution in [2.75, 3.05) is 39.9 Å². The van der Waals surface area contributed by atoms with Crippen molar-refractivity contribution in [3.05, 3.63) is 0 Å². The summed E-state index contributed by atoms with van der Waals surface area (Å²) in [5, 5.41) is 2.85. The van der Waals surface area contributed by atoms with E-state index >= 15 is 0 Å². The molecule has 0 bridgehead atoms. The molecule has 0 spiro atoms. The van der Waals surface area contributed by atoms with Crippen LogP contribution in [0.1, 0.15) is 13.8 Å². The van der Waals surface area contributed by atoms with E-state index in [1.807, 2.05) is 18.7 Å². The van der Waals surface area contributed by atoms with Gasteiger partial charge in [0.05, 0.1) is 13.2 Å². The van der Waals surface area contributed by atoms with Crippen molar-refractivity contribution < 1.29 is 9.53 Å². The van der Waals surface area contributed by atoms with Gasteiger partial charge in [-0.15, -0.1) is 0 Å². The number of hydrogen-bond donors (Lipinski definition) is 2. The van der Waals surface area contributed by atoms with Gasteiger partial charge in [0, 0.05) is 32.8 Å². The van der Waals surface area contributed by atoms with Gasteiger partial charge in [0.2, 0.25) is 5.91 Å². The van der Waals surface area contributed by atoms with E-state index in [2.05, 4.69) is 5.32 Å². The molecule has 0 rings (SSSR count). The van der Waals surface area contributed by atoms with Crippen molar-refractivity contribution in [2.24, 2.45) is 5.73 Å². The predicted molar refractivity (Wildman–Crippen MR) is 60.6 cm³/mol. The topological polar surface area (TPSA) is 67.6 Å². The SMILES string of the molecule is COCCN(CCN)CC(=O)NC(C)C. The third kappa shape index (κ3) is 8.35. The number of ether oxygens (including phenoxy) is 1. The lowest BCUT2D eigenvalue weighted by Crippen LogP contribution is -2.42. The molecular formula is C10H23N3O2. The van der Waals surface area contributed by atoms with Gasteiger partial charge in [-0.1, -0.05) is 0 Å². The summed E-state index contributed by atoms with van der Waals surface area (Å²) in [5.74, 6) is 0.0366. The van der Waals surface area contributed by atoms with E-state index in [1.54, 1.807) is 7.11 Å². The first-order valence-corrected chi connectivity index (χ1v) is 5.30. The number of hydrogen-bond acceptors (Lipinski definition) is 4. The van der Waals surface area contributed by atoms with E-state index in [0.717, 1.165) is 13.1 Å². The molecule has 0 radical (unpaired) electrons. The van der Waals surface area contributed by atoms with Gasteiger partial charge in [-0.3, -0.25) is 9.69 Å². The van der Waals surface area contributed by atoms with E-state index < -0.39 is 0 Å². The molecule has 3 N–H and O–H groups in total. The number of carbonyl (C=O) groups is 1. The molecule has 90 valence electrons. The summed E-state index contributed by atoms with van der Waals surface area (Å²) < 4.78 is 4.97. The van der Waals surface area contributed by atoms with Crippen LogP contribution in [0.4, 0.5) is 0 Å². The summed E-state index contributed by atoms with van der Waals surface area (Å²) in [6, 6.07) is 0.180. The molecule has 15 heavy (non-hydrogen) atoms. The number of carbonyl (C=O) groups excluding carboxylic acids is 1. The number of methoxy groups -OCH3 is 1. The summed E-state index contributed by atoms with van der Waals surface area (Å²) in [5.41, 5.74) is 5.46. The molecule has 0 fully saturated rings. The average Bonchev–Trinajstić information content (AvgIpc) is 2.13. The van der Waals surface area contributed by atoms with Gasteiger partial charge in [-0.05, 0) is 13.8 Å². The Morgan fingerprint density at radius 1 is 1.47 bits per heavy atom. The Morgan fingerprint density at radius 2 is 2.13 bits per heavy atom. The summed E-state index contributed by atoms with van der Waals surface area (Å²) in [6.45, 7) is 6.90. The van der Waals surface area contributed by atoms with Gasteiger partial charge in [0.25, 0.3) is 0 Å². The van der Waals surface area contributed by atoms with E-state index in [1.165, 1.54) is 0 Å². The largest absolute Gasteiger partial charge is 0.383 e. The molecule has 0 saturated heterocycles. The lowest BCUT2D eigenvalue weighted by Gasteiger charge is -2.21. The van der Waals surface area contributed by atoms with Crippen molar-refractivity contribution in [2.45, 2.75) is 19.9 Å². The summed E-state index contributed by atoms with van der Waals surface area (Å²) >= 11 is 0. The zero-order valence-electron chi connectivity index (χ0n) is 9.95. The normalized spacial score (nSPS) is 11.1. The van der Waals surface area contributed by atoms with Crippen LogP contribution < -0.4 is 11.1 Å². The average molecular weight is 217 g/mol. The van der Waals surface area contributed by atoms with Crippen LogP contribution in [0.25, 0.3) is 0 Å². The van der Waals surface area contributed by atoms with Crippen molar-refractivity contribution >= 4 is 5.91 Å². The Bertz CT molecular complexity index is 174. The smallest absolute Gasteiger partial charge is 0.234 e. The van der Waals surface area contributed by atoms with Crippen molar-refractivity contribution in [1.29, 1.82) is 0 Å². The molecule has 0 aliphatic carbocycles. The van der Waals surface area contributed by atoms with Crippen LogP contribution in [0.15, 0.2) is 0 Å². The number of amides is 1. The van der Waals surface area contributed by atoms with Gasteiger partial charge < -0.3 is 15.8 Å². The number of rotatable bonds is 8. The zero-order chi connectivity index (χ0) is 11.7. The monoisotopic (exact) mass is 217 g/mol. The minimum absolute atomic E-state index is 0.0366. The highest BCUT2D eigenvalue weighted by Gasteiger charge is 2.10. The maximum absolute atomic E-state index is 11.5. The van der Waals surface area contributed by atoms with Gasteiger partial charge >= 0.3 is 0 Å². The molecule has 0 atom stereocenters. The summed E-state index contributed by atoms with van der Waals surface area (Å²) in [7, 11) is 1.65.